The first-order chi connectivity index (χ1) is 13.8. The summed E-state index contributed by atoms with van der Waals surface area (Å²) in [5.41, 5.74) is -0.204. The highest BCUT2D eigenvalue weighted by Gasteiger charge is 2.30. The lowest BCUT2D eigenvalue weighted by Crippen LogP contribution is -2.33. The topological polar surface area (TPSA) is 63.2 Å². The van der Waals surface area contributed by atoms with Crippen LogP contribution in [-0.4, -0.2) is 53.1 Å². The Balaban J connectivity index is 1.73. The van der Waals surface area contributed by atoms with E-state index in [0.717, 1.165) is 44.6 Å². The van der Waals surface area contributed by atoms with Crippen molar-refractivity contribution in [2.24, 2.45) is 5.92 Å². The normalized spacial score (nSPS) is 16.0. The molecular weight excluding hydrogens is 383 g/mol. The zero-order chi connectivity index (χ0) is 20.9. The molecule has 158 valence electrons. The number of piperidine rings is 1. The Kier molecular flexibility index (Phi) is 6.89. The van der Waals surface area contributed by atoms with Crippen LogP contribution in [0.4, 0.5) is 19.1 Å². The van der Waals surface area contributed by atoms with Gasteiger partial charge in [-0.25, -0.2) is 0 Å². The number of benzene rings is 1. The zero-order valence-electron chi connectivity index (χ0n) is 16.7. The average Bonchev–Trinajstić information content (AvgIpc) is 2.67. The minimum absolute atomic E-state index is 0.162. The monoisotopic (exact) mass is 409 g/mol. The van der Waals surface area contributed by atoms with E-state index in [-0.39, 0.29) is 12.4 Å². The van der Waals surface area contributed by atoms with Crippen molar-refractivity contribution in [1.82, 2.24) is 19.9 Å². The summed E-state index contributed by atoms with van der Waals surface area (Å²) in [6.07, 6.45) is -2.02. The summed E-state index contributed by atoms with van der Waals surface area (Å²) in [4.78, 5) is 15.2. The van der Waals surface area contributed by atoms with Crippen LogP contribution in [0.25, 0.3) is 0 Å². The molecular formula is C20H26F3N5O. The molecule has 1 N–H and O–H groups in total. The molecule has 0 aliphatic carbocycles. The van der Waals surface area contributed by atoms with Crippen molar-refractivity contribution in [1.29, 1.82) is 0 Å². The maximum Gasteiger partial charge on any atom is 0.416 e. The van der Waals surface area contributed by atoms with Gasteiger partial charge >= 0.3 is 12.2 Å². The molecule has 9 heteroatoms. The molecule has 29 heavy (non-hydrogen) atoms. The molecule has 3 rings (SSSR count). The molecule has 1 aliphatic rings. The molecule has 0 saturated carbocycles. The standard InChI is InChI=1S/C20H26F3N5O/c1-3-29-19-26-17(12-15-5-4-6-16(11-15)20(21,22)23)25-18(27-19)24-13-14-7-9-28(2)10-8-14/h4-6,11,14H,3,7-10,12-13H2,1-2H3,(H,24,25,26,27). The minimum atomic E-state index is -4.38. The second-order valence-corrected chi connectivity index (χ2v) is 7.29. The lowest BCUT2D eigenvalue weighted by Gasteiger charge is -2.28. The summed E-state index contributed by atoms with van der Waals surface area (Å²) >= 11 is 0. The molecule has 0 spiro atoms. The van der Waals surface area contributed by atoms with Gasteiger partial charge in [0.05, 0.1) is 12.2 Å². The van der Waals surface area contributed by atoms with Gasteiger partial charge in [0, 0.05) is 13.0 Å². The van der Waals surface area contributed by atoms with Crippen LogP contribution in [0.3, 0.4) is 0 Å². The highest BCUT2D eigenvalue weighted by atomic mass is 19.4. The van der Waals surface area contributed by atoms with Crippen molar-refractivity contribution in [2.45, 2.75) is 32.4 Å². The van der Waals surface area contributed by atoms with Crippen molar-refractivity contribution in [3.8, 4) is 6.01 Å². The summed E-state index contributed by atoms with van der Waals surface area (Å²) < 4.78 is 44.3. The minimum Gasteiger partial charge on any atom is -0.464 e. The van der Waals surface area contributed by atoms with Crippen LogP contribution >= 0.6 is 0 Å². The van der Waals surface area contributed by atoms with Gasteiger partial charge in [-0.05, 0) is 57.5 Å². The number of rotatable bonds is 7. The molecule has 2 heterocycles. The Morgan fingerprint density at radius 3 is 2.62 bits per heavy atom. The number of anilines is 1. The molecule has 0 bridgehead atoms. The Labute approximate surface area is 168 Å². The largest absolute Gasteiger partial charge is 0.464 e. The number of halogens is 3. The molecule has 0 atom stereocenters. The summed E-state index contributed by atoms with van der Waals surface area (Å²) in [5.74, 6) is 1.29. The molecule has 0 radical (unpaired) electrons. The molecule has 1 saturated heterocycles. The summed E-state index contributed by atoms with van der Waals surface area (Å²) in [6.45, 7) is 5.08. The van der Waals surface area contributed by atoms with Gasteiger partial charge in [0.1, 0.15) is 5.82 Å². The van der Waals surface area contributed by atoms with E-state index in [1.165, 1.54) is 6.07 Å². The third-order valence-electron chi connectivity index (χ3n) is 4.94. The first kappa shape index (κ1) is 21.3. The number of likely N-dealkylation sites (tertiary alicyclic amines) is 1. The maximum atomic E-state index is 13.0. The molecule has 1 fully saturated rings. The van der Waals surface area contributed by atoms with E-state index < -0.39 is 11.7 Å². The van der Waals surface area contributed by atoms with Crippen LogP contribution in [-0.2, 0) is 12.6 Å². The number of ether oxygens (including phenoxy) is 1. The number of nitrogens with zero attached hydrogens (tertiary/aromatic N) is 4. The molecule has 1 aromatic carbocycles. The van der Waals surface area contributed by atoms with Crippen LogP contribution in [0.5, 0.6) is 6.01 Å². The van der Waals surface area contributed by atoms with E-state index in [4.69, 9.17) is 4.74 Å². The fourth-order valence-electron chi connectivity index (χ4n) is 3.29. The Bertz CT molecular complexity index is 807. The van der Waals surface area contributed by atoms with Gasteiger partial charge < -0.3 is 15.0 Å². The number of nitrogens with one attached hydrogen (secondary N) is 1. The second-order valence-electron chi connectivity index (χ2n) is 7.29. The van der Waals surface area contributed by atoms with Gasteiger partial charge in [-0.3, -0.25) is 0 Å². The predicted molar refractivity (Wildman–Crippen MR) is 104 cm³/mol. The van der Waals surface area contributed by atoms with Crippen molar-refractivity contribution in [2.75, 3.05) is 38.6 Å². The fraction of sp³-hybridized carbons (Fsp3) is 0.550. The number of alkyl halides is 3. The van der Waals surface area contributed by atoms with Gasteiger partial charge in [0.25, 0.3) is 0 Å². The zero-order valence-corrected chi connectivity index (χ0v) is 16.7. The van der Waals surface area contributed by atoms with Crippen LogP contribution in [0.2, 0.25) is 0 Å². The third-order valence-corrected chi connectivity index (χ3v) is 4.94. The van der Waals surface area contributed by atoms with Gasteiger partial charge in [-0.2, -0.15) is 28.1 Å². The average molecular weight is 409 g/mol. The highest BCUT2D eigenvalue weighted by Crippen LogP contribution is 2.30. The van der Waals surface area contributed by atoms with Crippen molar-refractivity contribution < 1.29 is 17.9 Å². The lowest BCUT2D eigenvalue weighted by molar-refractivity contribution is -0.137. The van der Waals surface area contributed by atoms with Crippen LogP contribution in [0.15, 0.2) is 24.3 Å². The first-order valence-electron chi connectivity index (χ1n) is 9.79. The number of hydrogen-bond acceptors (Lipinski definition) is 6. The molecule has 2 aromatic rings. The van der Waals surface area contributed by atoms with E-state index >= 15 is 0 Å². The number of aromatic nitrogens is 3. The Hall–Kier alpha value is -2.42. The summed E-state index contributed by atoms with van der Waals surface area (Å²) in [5, 5.41) is 3.25. The van der Waals surface area contributed by atoms with Crippen LogP contribution in [0, 0.1) is 5.92 Å². The SMILES string of the molecule is CCOc1nc(Cc2cccc(C(F)(F)F)c2)nc(NCC2CCN(C)CC2)n1. The van der Waals surface area contributed by atoms with E-state index in [1.807, 2.05) is 6.92 Å². The van der Waals surface area contributed by atoms with E-state index in [2.05, 4.69) is 32.2 Å². The molecule has 0 unspecified atom stereocenters. The smallest absolute Gasteiger partial charge is 0.416 e. The molecule has 1 aliphatic heterocycles. The van der Waals surface area contributed by atoms with Crippen molar-refractivity contribution in [3.63, 3.8) is 0 Å². The molecule has 1 aromatic heterocycles. The fourth-order valence-corrected chi connectivity index (χ4v) is 3.29. The lowest BCUT2D eigenvalue weighted by atomic mass is 9.97. The second kappa shape index (κ2) is 9.39. The first-order valence-corrected chi connectivity index (χ1v) is 9.79. The maximum absolute atomic E-state index is 13.0. The van der Waals surface area contributed by atoms with Gasteiger partial charge in [0.2, 0.25) is 5.95 Å². The van der Waals surface area contributed by atoms with E-state index in [0.29, 0.717) is 29.9 Å². The molecule has 6 nitrogen and oxygen atoms in total. The summed E-state index contributed by atoms with van der Waals surface area (Å²) in [7, 11) is 2.12. The quantitative estimate of drug-likeness (QED) is 0.754. The summed E-state index contributed by atoms with van der Waals surface area (Å²) in [6, 6.07) is 5.37. The van der Waals surface area contributed by atoms with Gasteiger partial charge in [-0.1, -0.05) is 18.2 Å². The van der Waals surface area contributed by atoms with E-state index in [1.54, 1.807) is 6.07 Å². The van der Waals surface area contributed by atoms with Crippen molar-refractivity contribution in [3.05, 3.63) is 41.2 Å². The predicted octanol–water partition coefficient (Wildman–Crippen LogP) is 3.63. The van der Waals surface area contributed by atoms with Crippen LogP contribution < -0.4 is 10.1 Å². The van der Waals surface area contributed by atoms with Crippen LogP contribution in [0.1, 0.15) is 36.7 Å². The van der Waals surface area contributed by atoms with E-state index in [9.17, 15) is 13.2 Å². The molecule has 0 amide bonds. The van der Waals surface area contributed by atoms with Gasteiger partial charge in [0.15, 0.2) is 0 Å². The van der Waals surface area contributed by atoms with Crippen molar-refractivity contribution >= 4 is 5.95 Å². The number of hydrogen-bond donors (Lipinski definition) is 1. The highest BCUT2D eigenvalue weighted by molar-refractivity contribution is 5.31. The van der Waals surface area contributed by atoms with Gasteiger partial charge in [-0.15, -0.1) is 0 Å². The Morgan fingerprint density at radius 1 is 1.17 bits per heavy atom. The Morgan fingerprint density at radius 2 is 1.93 bits per heavy atom. The third kappa shape index (κ3) is 6.28.